The van der Waals surface area contributed by atoms with Gasteiger partial charge in [-0.05, 0) is 0 Å². The molecule has 3 heteroatoms. The molecular weight excluding hydrogens is 74.3 g/mol. The molecule has 0 unspecified atom stereocenters. The summed E-state index contributed by atoms with van der Waals surface area (Å²) in [6, 6.07) is 0. The van der Waals surface area contributed by atoms with E-state index in [1.165, 1.54) is 0 Å². The van der Waals surface area contributed by atoms with Gasteiger partial charge in [-0.1, -0.05) is 0 Å². The van der Waals surface area contributed by atoms with Gasteiger partial charge in [0.15, 0.2) is 0 Å². The average Bonchev–Trinajstić information content (AvgIpc) is 1.37. The maximum Gasteiger partial charge on any atom is 0.260 e. The van der Waals surface area contributed by atoms with Crippen LogP contribution in [0.15, 0.2) is 0 Å². The molecule has 0 aliphatic carbocycles. The zero-order valence-corrected chi connectivity index (χ0v) is 3.00. The SMILES string of the molecule is OCBCl. The second-order valence-corrected chi connectivity index (χ2v) is 0.791. The van der Waals surface area contributed by atoms with Crippen molar-refractivity contribution in [1.29, 1.82) is 0 Å². The normalized spacial score (nSPS) is 6.50. The van der Waals surface area contributed by atoms with Crippen LogP contribution in [0.2, 0.25) is 0 Å². The van der Waals surface area contributed by atoms with E-state index < -0.39 is 0 Å². The Morgan fingerprint density at radius 2 is 2.25 bits per heavy atom. The second-order valence-electron chi connectivity index (χ2n) is 0.413. The quantitative estimate of drug-likeness (QED) is 0.420. The van der Waals surface area contributed by atoms with Gasteiger partial charge in [0.25, 0.3) is 6.69 Å². The molecule has 0 bridgehead atoms. The number of rotatable bonds is 1. The topological polar surface area (TPSA) is 20.2 Å². The average molecular weight is 78.3 g/mol. The van der Waals surface area contributed by atoms with E-state index in [9.17, 15) is 0 Å². The van der Waals surface area contributed by atoms with Gasteiger partial charge in [-0.2, -0.15) is 11.5 Å². The van der Waals surface area contributed by atoms with Gasteiger partial charge < -0.3 is 5.11 Å². The Hall–Kier alpha value is 0.315. The molecule has 0 aliphatic heterocycles. The highest BCUT2D eigenvalue weighted by Crippen LogP contribution is 1.57. The van der Waals surface area contributed by atoms with Crippen LogP contribution in [-0.4, -0.2) is 18.3 Å². The summed E-state index contributed by atoms with van der Waals surface area (Å²) in [7, 11) is 0. The van der Waals surface area contributed by atoms with E-state index in [1.54, 1.807) is 0 Å². The summed E-state index contributed by atoms with van der Waals surface area (Å²) in [5.41, 5.74) is 0. The van der Waals surface area contributed by atoms with Crippen molar-refractivity contribution >= 4 is 18.2 Å². The third-order valence-electron chi connectivity index (χ3n) is 0.0845. The second kappa shape index (κ2) is 3.31. The lowest BCUT2D eigenvalue weighted by Gasteiger charge is -1.63. The predicted molar refractivity (Wildman–Crippen MR) is 20.1 cm³/mol. The molecule has 0 saturated heterocycles. The first-order valence-electron chi connectivity index (χ1n) is 1.08. The van der Waals surface area contributed by atoms with Crippen LogP contribution in [0.1, 0.15) is 0 Å². The van der Waals surface area contributed by atoms with Crippen molar-refractivity contribution in [3.63, 3.8) is 0 Å². The molecule has 0 aromatic carbocycles. The minimum absolute atomic E-state index is 0.0849. The van der Waals surface area contributed by atoms with Crippen LogP contribution in [-0.2, 0) is 0 Å². The molecule has 0 rings (SSSR count). The number of halogens is 1. The molecule has 0 saturated carbocycles. The monoisotopic (exact) mass is 78.0 g/mol. The fourth-order valence-electron chi connectivity index (χ4n) is 0. The van der Waals surface area contributed by atoms with Crippen LogP contribution in [0.5, 0.6) is 0 Å². The van der Waals surface area contributed by atoms with E-state index in [4.69, 9.17) is 16.6 Å². The van der Waals surface area contributed by atoms with E-state index in [2.05, 4.69) is 0 Å². The maximum atomic E-state index is 7.74. The van der Waals surface area contributed by atoms with E-state index >= 15 is 0 Å². The lowest BCUT2D eigenvalue weighted by atomic mass is 10.2. The van der Waals surface area contributed by atoms with Crippen molar-refractivity contribution in [2.24, 2.45) is 0 Å². The van der Waals surface area contributed by atoms with Crippen molar-refractivity contribution in [1.82, 2.24) is 0 Å². The molecule has 24 valence electrons. The van der Waals surface area contributed by atoms with Crippen LogP contribution in [0.3, 0.4) is 0 Å². The first kappa shape index (κ1) is 4.31. The van der Waals surface area contributed by atoms with Gasteiger partial charge >= 0.3 is 0 Å². The van der Waals surface area contributed by atoms with Crippen molar-refractivity contribution in [2.75, 3.05) is 6.51 Å². The lowest BCUT2D eigenvalue weighted by molar-refractivity contribution is 0.368. The molecule has 0 radical (unpaired) electrons. The molecule has 0 amide bonds. The zero-order chi connectivity index (χ0) is 3.41. The number of aliphatic hydroxyl groups is 1. The largest absolute Gasteiger partial charge is 0.403 e. The van der Waals surface area contributed by atoms with Gasteiger partial charge in [0.05, 0.1) is 0 Å². The molecule has 0 spiro atoms. The van der Waals surface area contributed by atoms with Gasteiger partial charge in [-0.15, -0.1) is 0 Å². The van der Waals surface area contributed by atoms with E-state index in [0.717, 1.165) is 0 Å². The van der Waals surface area contributed by atoms with Crippen LogP contribution in [0, 0.1) is 0 Å². The molecule has 0 aromatic rings. The first-order chi connectivity index (χ1) is 1.91. The molecule has 0 aromatic heterocycles. The first-order valence-corrected chi connectivity index (χ1v) is 1.62. The minimum Gasteiger partial charge on any atom is -0.403 e. The predicted octanol–water partition coefficient (Wildman–Crippen LogP) is -0.474. The molecule has 0 aliphatic rings. The van der Waals surface area contributed by atoms with Gasteiger partial charge in [0.1, 0.15) is 0 Å². The van der Waals surface area contributed by atoms with Crippen molar-refractivity contribution in [3.05, 3.63) is 0 Å². The molecular formula is CH4BClO. The summed E-state index contributed by atoms with van der Waals surface area (Å²) in [4.78, 5) is 0. The Kier molecular flexibility index (Phi) is 3.58. The van der Waals surface area contributed by atoms with E-state index in [1.807, 2.05) is 0 Å². The Labute approximate surface area is 30.7 Å². The number of hydrogen-bond donors (Lipinski definition) is 1. The van der Waals surface area contributed by atoms with Gasteiger partial charge in [-0.3, -0.25) is 0 Å². The van der Waals surface area contributed by atoms with Crippen LogP contribution in [0.25, 0.3) is 0 Å². The van der Waals surface area contributed by atoms with Crippen molar-refractivity contribution < 1.29 is 5.11 Å². The van der Waals surface area contributed by atoms with E-state index in [0.29, 0.717) is 6.69 Å². The molecule has 0 fully saturated rings. The molecule has 1 nitrogen and oxygen atoms in total. The third kappa shape index (κ3) is 2.31. The number of aliphatic hydroxyl groups excluding tert-OH is 1. The number of hydrogen-bond acceptors (Lipinski definition) is 1. The van der Waals surface area contributed by atoms with Crippen molar-refractivity contribution in [2.45, 2.75) is 0 Å². The van der Waals surface area contributed by atoms with Crippen LogP contribution in [0.4, 0.5) is 0 Å². The van der Waals surface area contributed by atoms with E-state index in [-0.39, 0.29) is 6.51 Å². The highest BCUT2D eigenvalue weighted by atomic mass is 35.5. The Bertz CT molecular complexity index is 10.0. The summed E-state index contributed by atoms with van der Waals surface area (Å²) in [6.45, 7) is 0.432. The van der Waals surface area contributed by atoms with Gasteiger partial charge in [0.2, 0.25) is 0 Å². The van der Waals surface area contributed by atoms with Crippen LogP contribution >= 0.6 is 11.5 Å². The Balaban J connectivity index is 1.97. The third-order valence-corrected chi connectivity index (χ3v) is 0.254. The lowest BCUT2D eigenvalue weighted by Crippen LogP contribution is -1.82. The molecule has 1 N–H and O–H groups in total. The smallest absolute Gasteiger partial charge is 0.260 e. The summed E-state index contributed by atoms with van der Waals surface area (Å²) in [6.07, 6.45) is 0. The zero-order valence-electron chi connectivity index (χ0n) is 2.24. The Morgan fingerprint density at radius 3 is 2.25 bits per heavy atom. The summed E-state index contributed by atoms with van der Waals surface area (Å²) >= 11 is 4.94. The molecule has 4 heavy (non-hydrogen) atoms. The summed E-state index contributed by atoms with van der Waals surface area (Å²) in [5, 5.41) is 7.74. The molecule has 0 heterocycles. The highest BCUT2D eigenvalue weighted by molar-refractivity contribution is 6.93. The maximum absolute atomic E-state index is 7.74. The fourth-order valence-corrected chi connectivity index (χ4v) is 0. The Morgan fingerprint density at radius 1 is 2.00 bits per heavy atom. The summed E-state index contributed by atoms with van der Waals surface area (Å²) < 4.78 is 0. The van der Waals surface area contributed by atoms with Crippen molar-refractivity contribution in [3.8, 4) is 0 Å². The fraction of sp³-hybridized carbons (Fsp3) is 1.00. The minimum atomic E-state index is 0.0849. The standard InChI is InChI=1S/CH4BClO/c3-2-1-4/h2,4H,1H2. The van der Waals surface area contributed by atoms with Gasteiger partial charge in [-0.25, -0.2) is 0 Å². The highest BCUT2D eigenvalue weighted by Gasteiger charge is 1.67. The van der Waals surface area contributed by atoms with Crippen LogP contribution < -0.4 is 0 Å². The van der Waals surface area contributed by atoms with Gasteiger partial charge in [0, 0.05) is 6.51 Å². The summed E-state index contributed by atoms with van der Waals surface area (Å²) in [5.74, 6) is 0. The molecule has 0 atom stereocenters.